The molecule has 0 saturated carbocycles. The third-order valence-electron chi connectivity index (χ3n) is 3.54. The van der Waals surface area contributed by atoms with Crippen LogP contribution >= 0.6 is 0 Å². The van der Waals surface area contributed by atoms with Gasteiger partial charge in [0.1, 0.15) is 0 Å². The van der Waals surface area contributed by atoms with Gasteiger partial charge in [0.25, 0.3) is 0 Å². The van der Waals surface area contributed by atoms with Crippen LogP contribution in [0.15, 0.2) is 24.3 Å². The maximum absolute atomic E-state index is 11.9. The Balaban J connectivity index is 2.18. The Morgan fingerprint density at radius 1 is 1.45 bits per heavy atom. The number of nitrogens with two attached hydrogens (primary N) is 1. The zero-order valence-corrected chi connectivity index (χ0v) is 11.9. The Kier molecular flexibility index (Phi) is 5.16. The number of carbonyl (C=O) groups is 1. The van der Waals surface area contributed by atoms with E-state index in [4.69, 9.17) is 5.73 Å². The minimum absolute atomic E-state index is 0.0423. The number of nitrogens with zero attached hydrogens (tertiary/aromatic N) is 1. The minimum Gasteiger partial charge on any atom is -0.353 e. The molecule has 0 bridgehead atoms. The van der Waals surface area contributed by atoms with E-state index in [0.717, 1.165) is 30.6 Å². The lowest BCUT2D eigenvalue weighted by Gasteiger charge is -2.34. The average molecular weight is 271 g/mol. The topological polar surface area (TPSA) is 58.4 Å². The normalized spacial score (nSPS) is 19.1. The van der Waals surface area contributed by atoms with Gasteiger partial charge in [-0.2, -0.15) is 0 Å². The van der Waals surface area contributed by atoms with Crippen molar-refractivity contribution in [2.24, 2.45) is 5.73 Å². The molecule has 1 aromatic rings. The summed E-state index contributed by atoms with van der Waals surface area (Å²) in [5.41, 5.74) is 7.59. The lowest BCUT2D eigenvalue weighted by molar-refractivity contribution is -0.129. The second-order valence-electron chi connectivity index (χ2n) is 4.85. The smallest absolute Gasteiger partial charge is 0.237 e. The van der Waals surface area contributed by atoms with Crippen molar-refractivity contribution in [3.63, 3.8) is 0 Å². The predicted octanol–water partition coefficient (Wildman–Crippen LogP) is 0.707. The van der Waals surface area contributed by atoms with Crippen LogP contribution in [0.25, 0.3) is 0 Å². The highest BCUT2D eigenvalue weighted by atomic mass is 16.2. The molecule has 1 atom stereocenters. The van der Waals surface area contributed by atoms with E-state index in [-0.39, 0.29) is 11.9 Å². The Labute approximate surface area is 120 Å². The fourth-order valence-corrected chi connectivity index (χ4v) is 2.54. The van der Waals surface area contributed by atoms with Crippen LogP contribution in [0, 0.1) is 11.8 Å². The van der Waals surface area contributed by atoms with Crippen molar-refractivity contribution in [1.29, 1.82) is 0 Å². The van der Waals surface area contributed by atoms with Gasteiger partial charge in [-0.25, -0.2) is 0 Å². The molecule has 0 aromatic heterocycles. The SMILES string of the molecule is CCC1C(=O)NCCN1Cc1ccccc1C#CCN. The Morgan fingerprint density at radius 2 is 2.25 bits per heavy atom. The van der Waals surface area contributed by atoms with Gasteiger partial charge in [0.05, 0.1) is 12.6 Å². The van der Waals surface area contributed by atoms with E-state index in [1.807, 2.05) is 25.1 Å². The number of hydrogen-bond donors (Lipinski definition) is 2. The molecule has 4 heteroatoms. The fourth-order valence-electron chi connectivity index (χ4n) is 2.54. The first kappa shape index (κ1) is 14.6. The lowest BCUT2D eigenvalue weighted by atomic mass is 10.0. The van der Waals surface area contributed by atoms with Gasteiger partial charge in [-0.15, -0.1) is 0 Å². The van der Waals surface area contributed by atoms with E-state index in [1.165, 1.54) is 0 Å². The van der Waals surface area contributed by atoms with Crippen LogP contribution in [0.1, 0.15) is 24.5 Å². The first-order chi connectivity index (χ1) is 9.76. The van der Waals surface area contributed by atoms with Gasteiger partial charge in [0.15, 0.2) is 0 Å². The largest absolute Gasteiger partial charge is 0.353 e. The second-order valence-corrected chi connectivity index (χ2v) is 4.85. The Bertz CT molecular complexity index is 530. The molecule has 3 N–H and O–H groups in total. The standard InChI is InChI=1S/C16H21N3O/c1-2-15-16(20)18-10-11-19(15)12-14-7-4-3-6-13(14)8-5-9-17/h3-4,6-7,15H,2,9-12,17H2,1H3,(H,18,20). The van der Waals surface area contributed by atoms with Crippen molar-refractivity contribution in [1.82, 2.24) is 10.2 Å². The van der Waals surface area contributed by atoms with Crippen LogP contribution in [-0.2, 0) is 11.3 Å². The van der Waals surface area contributed by atoms with E-state index < -0.39 is 0 Å². The average Bonchev–Trinajstić information content (AvgIpc) is 2.47. The molecule has 1 aliphatic heterocycles. The van der Waals surface area contributed by atoms with Gasteiger partial charge in [-0.3, -0.25) is 9.69 Å². The van der Waals surface area contributed by atoms with Gasteiger partial charge in [0.2, 0.25) is 5.91 Å². The molecular weight excluding hydrogens is 250 g/mol. The van der Waals surface area contributed by atoms with Crippen LogP contribution in [0.5, 0.6) is 0 Å². The fraction of sp³-hybridized carbons (Fsp3) is 0.438. The molecule has 20 heavy (non-hydrogen) atoms. The molecule has 4 nitrogen and oxygen atoms in total. The molecule has 0 spiro atoms. The summed E-state index contributed by atoms with van der Waals surface area (Å²) in [6, 6.07) is 8.01. The maximum atomic E-state index is 11.9. The van der Waals surface area contributed by atoms with Gasteiger partial charge in [-0.05, 0) is 18.1 Å². The summed E-state index contributed by atoms with van der Waals surface area (Å²) >= 11 is 0. The molecule has 0 aliphatic carbocycles. The summed E-state index contributed by atoms with van der Waals surface area (Å²) < 4.78 is 0. The molecule has 0 radical (unpaired) electrons. The van der Waals surface area contributed by atoms with Crippen LogP contribution in [0.2, 0.25) is 0 Å². The molecule has 2 rings (SSSR count). The van der Waals surface area contributed by atoms with Crippen LogP contribution in [-0.4, -0.2) is 36.5 Å². The number of hydrogen-bond acceptors (Lipinski definition) is 3. The van der Waals surface area contributed by atoms with E-state index >= 15 is 0 Å². The van der Waals surface area contributed by atoms with Gasteiger partial charge >= 0.3 is 0 Å². The van der Waals surface area contributed by atoms with Crippen molar-refractivity contribution in [2.45, 2.75) is 25.9 Å². The minimum atomic E-state index is -0.0423. The molecule has 1 amide bonds. The van der Waals surface area contributed by atoms with Crippen molar-refractivity contribution in [3.8, 4) is 11.8 Å². The maximum Gasteiger partial charge on any atom is 0.237 e. The van der Waals surface area contributed by atoms with Crippen molar-refractivity contribution in [3.05, 3.63) is 35.4 Å². The first-order valence-electron chi connectivity index (χ1n) is 7.05. The van der Waals surface area contributed by atoms with Crippen molar-refractivity contribution >= 4 is 5.91 Å². The molecule has 106 valence electrons. The Morgan fingerprint density at radius 3 is 3.00 bits per heavy atom. The number of rotatable bonds is 3. The van der Waals surface area contributed by atoms with E-state index in [1.54, 1.807) is 0 Å². The first-order valence-corrected chi connectivity index (χ1v) is 7.05. The van der Waals surface area contributed by atoms with Gasteiger partial charge in [0, 0.05) is 25.2 Å². The highest BCUT2D eigenvalue weighted by Gasteiger charge is 2.28. The number of piperazine rings is 1. The molecule has 1 saturated heterocycles. The summed E-state index contributed by atoms with van der Waals surface area (Å²) in [7, 11) is 0. The van der Waals surface area contributed by atoms with Crippen LogP contribution in [0.4, 0.5) is 0 Å². The second kappa shape index (κ2) is 7.09. The van der Waals surface area contributed by atoms with Crippen LogP contribution < -0.4 is 11.1 Å². The predicted molar refractivity (Wildman–Crippen MR) is 79.9 cm³/mol. The molecule has 1 fully saturated rings. The third kappa shape index (κ3) is 3.38. The number of amides is 1. The van der Waals surface area contributed by atoms with Gasteiger partial charge < -0.3 is 11.1 Å². The summed E-state index contributed by atoms with van der Waals surface area (Å²) in [6.45, 7) is 4.75. The molecule has 1 aliphatic rings. The summed E-state index contributed by atoms with van der Waals surface area (Å²) in [5, 5.41) is 2.92. The summed E-state index contributed by atoms with van der Waals surface area (Å²) in [4.78, 5) is 14.1. The number of carbonyl (C=O) groups excluding carboxylic acids is 1. The molecule has 1 heterocycles. The van der Waals surface area contributed by atoms with Gasteiger partial charge in [-0.1, -0.05) is 37.0 Å². The molecular formula is C16H21N3O. The zero-order valence-electron chi connectivity index (χ0n) is 11.9. The number of benzene rings is 1. The molecule has 1 aromatic carbocycles. The van der Waals surface area contributed by atoms with Crippen LogP contribution in [0.3, 0.4) is 0 Å². The monoisotopic (exact) mass is 271 g/mol. The number of nitrogens with one attached hydrogen (secondary N) is 1. The summed E-state index contributed by atoms with van der Waals surface area (Å²) in [5.74, 6) is 6.13. The third-order valence-corrected chi connectivity index (χ3v) is 3.54. The molecule has 1 unspecified atom stereocenters. The zero-order chi connectivity index (χ0) is 14.4. The summed E-state index contributed by atoms with van der Waals surface area (Å²) in [6.07, 6.45) is 0.822. The van der Waals surface area contributed by atoms with Crippen molar-refractivity contribution < 1.29 is 4.79 Å². The Hall–Kier alpha value is -1.83. The highest BCUT2D eigenvalue weighted by Crippen LogP contribution is 2.16. The van der Waals surface area contributed by atoms with E-state index in [9.17, 15) is 4.79 Å². The highest BCUT2D eigenvalue weighted by molar-refractivity contribution is 5.82. The lowest BCUT2D eigenvalue weighted by Crippen LogP contribution is -2.54. The van der Waals surface area contributed by atoms with Crippen molar-refractivity contribution in [2.75, 3.05) is 19.6 Å². The van der Waals surface area contributed by atoms with E-state index in [0.29, 0.717) is 13.1 Å². The van der Waals surface area contributed by atoms with E-state index in [2.05, 4.69) is 28.1 Å². The quantitative estimate of drug-likeness (QED) is 0.796.